The van der Waals surface area contributed by atoms with Crippen LogP contribution in [-0.4, -0.2) is 11.7 Å². The van der Waals surface area contributed by atoms with Gasteiger partial charge in [0.1, 0.15) is 5.75 Å². The van der Waals surface area contributed by atoms with Gasteiger partial charge in [0, 0.05) is 24.5 Å². The molecule has 0 unspecified atom stereocenters. The van der Waals surface area contributed by atoms with Crippen LogP contribution in [0, 0.1) is 6.92 Å². The number of rotatable bonds is 3. The van der Waals surface area contributed by atoms with Gasteiger partial charge in [-0.15, -0.1) is 0 Å². The lowest BCUT2D eigenvalue weighted by Gasteiger charge is -2.21. The Bertz CT molecular complexity index is 622. The molecular weight excluding hydrogens is 248 g/mol. The number of hydrogen-bond donors (Lipinski definition) is 3. The fraction of sp³-hybridized carbons (Fsp3) is 0.294. The van der Waals surface area contributed by atoms with E-state index in [4.69, 9.17) is 0 Å². The van der Waals surface area contributed by atoms with Gasteiger partial charge in [-0.05, 0) is 54.7 Å². The van der Waals surface area contributed by atoms with Crippen LogP contribution in [0.5, 0.6) is 5.75 Å². The number of phenols is 1. The molecule has 20 heavy (non-hydrogen) atoms. The molecule has 3 heteroatoms. The van der Waals surface area contributed by atoms with Crippen molar-refractivity contribution in [1.82, 2.24) is 0 Å². The standard InChI is InChI=1S/C17H20N2O/c1-12-10-15(7-8-16(12)20)19-11-14-5-2-4-13-6-3-9-18-17(13)14/h2,4-5,7-8,10,18-20H,3,6,9,11H2,1H3. The van der Waals surface area contributed by atoms with Crippen molar-refractivity contribution in [1.29, 1.82) is 0 Å². The molecule has 1 aliphatic rings. The molecule has 0 spiro atoms. The van der Waals surface area contributed by atoms with Crippen LogP contribution in [-0.2, 0) is 13.0 Å². The second-order valence-corrected chi connectivity index (χ2v) is 5.34. The lowest BCUT2D eigenvalue weighted by molar-refractivity contribution is 0.471. The molecule has 104 valence electrons. The van der Waals surface area contributed by atoms with Gasteiger partial charge in [-0.2, -0.15) is 0 Å². The van der Waals surface area contributed by atoms with Gasteiger partial charge in [0.15, 0.2) is 0 Å². The molecule has 0 aromatic heterocycles. The summed E-state index contributed by atoms with van der Waals surface area (Å²) in [5.74, 6) is 0.342. The molecule has 0 aliphatic carbocycles. The van der Waals surface area contributed by atoms with Crippen molar-refractivity contribution in [3.63, 3.8) is 0 Å². The number of anilines is 2. The lowest BCUT2D eigenvalue weighted by Crippen LogP contribution is -2.15. The molecule has 3 rings (SSSR count). The second-order valence-electron chi connectivity index (χ2n) is 5.34. The van der Waals surface area contributed by atoms with Gasteiger partial charge in [0.2, 0.25) is 0 Å². The van der Waals surface area contributed by atoms with Crippen LogP contribution in [0.1, 0.15) is 23.1 Å². The van der Waals surface area contributed by atoms with E-state index < -0.39 is 0 Å². The minimum atomic E-state index is 0.342. The molecule has 0 fully saturated rings. The van der Waals surface area contributed by atoms with E-state index in [0.29, 0.717) is 5.75 Å². The Balaban J connectivity index is 1.76. The lowest BCUT2D eigenvalue weighted by atomic mass is 9.99. The molecule has 3 N–H and O–H groups in total. The third-order valence-corrected chi connectivity index (χ3v) is 3.84. The SMILES string of the molecule is Cc1cc(NCc2cccc3c2NCCC3)ccc1O. The number of fused-ring (bicyclic) bond motifs is 1. The third kappa shape index (κ3) is 2.57. The predicted molar refractivity (Wildman–Crippen MR) is 83.4 cm³/mol. The number of hydrogen-bond acceptors (Lipinski definition) is 3. The summed E-state index contributed by atoms with van der Waals surface area (Å²) in [6.07, 6.45) is 2.37. The normalized spacial score (nSPS) is 13.4. The van der Waals surface area contributed by atoms with Gasteiger partial charge in [0.05, 0.1) is 0 Å². The van der Waals surface area contributed by atoms with Crippen LogP contribution >= 0.6 is 0 Å². The summed E-state index contributed by atoms with van der Waals surface area (Å²) >= 11 is 0. The van der Waals surface area contributed by atoms with E-state index in [1.807, 2.05) is 19.1 Å². The van der Waals surface area contributed by atoms with Crippen molar-refractivity contribution >= 4 is 11.4 Å². The first-order valence-corrected chi connectivity index (χ1v) is 7.12. The first-order chi connectivity index (χ1) is 9.74. The maximum atomic E-state index is 9.55. The summed E-state index contributed by atoms with van der Waals surface area (Å²) in [4.78, 5) is 0. The number of para-hydroxylation sites is 1. The molecular formula is C17H20N2O. The van der Waals surface area contributed by atoms with Crippen molar-refractivity contribution in [2.75, 3.05) is 17.2 Å². The summed E-state index contributed by atoms with van der Waals surface area (Å²) in [6, 6.07) is 12.1. The molecule has 3 nitrogen and oxygen atoms in total. The molecule has 0 amide bonds. The van der Waals surface area contributed by atoms with E-state index in [9.17, 15) is 5.11 Å². The van der Waals surface area contributed by atoms with Gasteiger partial charge >= 0.3 is 0 Å². The molecule has 1 heterocycles. The largest absolute Gasteiger partial charge is 0.508 e. The maximum Gasteiger partial charge on any atom is 0.118 e. The van der Waals surface area contributed by atoms with Crippen LogP contribution in [0.4, 0.5) is 11.4 Å². The van der Waals surface area contributed by atoms with Gasteiger partial charge in [-0.3, -0.25) is 0 Å². The fourth-order valence-electron chi connectivity index (χ4n) is 2.69. The molecule has 0 bridgehead atoms. The Labute approximate surface area is 119 Å². The first-order valence-electron chi connectivity index (χ1n) is 7.12. The fourth-order valence-corrected chi connectivity index (χ4v) is 2.69. The Kier molecular flexibility index (Phi) is 3.50. The van der Waals surface area contributed by atoms with E-state index in [0.717, 1.165) is 30.8 Å². The van der Waals surface area contributed by atoms with E-state index in [-0.39, 0.29) is 0 Å². The Hall–Kier alpha value is -2.16. The van der Waals surface area contributed by atoms with Crippen LogP contribution in [0.25, 0.3) is 0 Å². The van der Waals surface area contributed by atoms with Gasteiger partial charge in [-0.1, -0.05) is 18.2 Å². The number of nitrogens with one attached hydrogen (secondary N) is 2. The van der Waals surface area contributed by atoms with Crippen molar-refractivity contribution < 1.29 is 5.11 Å². The molecule has 1 aliphatic heterocycles. The van der Waals surface area contributed by atoms with Crippen molar-refractivity contribution in [2.24, 2.45) is 0 Å². The zero-order valence-corrected chi connectivity index (χ0v) is 11.7. The number of aryl methyl sites for hydroxylation is 2. The van der Waals surface area contributed by atoms with E-state index in [1.54, 1.807) is 6.07 Å². The highest BCUT2D eigenvalue weighted by Gasteiger charge is 2.11. The minimum absolute atomic E-state index is 0.342. The summed E-state index contributed by atoms with van der Waals surface area (Å²) in [5.41, 5.74) is 5.93. The predicted octanol–water partition coefficient (Wildman–Crippen LogP) is 3.67. The van der Waals surface area contributed by atoms with Crippen LogP contribution < -0.4 is 10.6 Å². The van der Waals surface area contributed by atoms with Crippen LogP contribution in [0.15, 0.2) is 36.4 Å². The Morgan fingerprint density at radius 1 is 1.25 bits per heavy atom. The Morgan fingerprint density at radius 2 is 2.15 bits per heavy atom. The topological polar surface area (TPSA) is 44.3 Å². The quantitative estimate of drug-likeness (QED) is 0.744. The van der Waals surface area contributed by atoms with E-state index in [2.05, 4.69) is 28.8 Å². The highest BCUT2D eigenvalue weighted by Crippen LogP contribution is 2.27. The molecule has 2 aromatic rings. The second kappa shape index (κ2) is 5.45. The molecule has 0 atom stereocenters. The average molecular weight is 268 g/mol. The third-order valence-electron chi connectivity index (χ3n) is 3.84. The summed E-state index contributed by atoms with van der Waals surface area (Å²) < 4.78 is 0. The smallest absolute Gasteiger partial charge is 0.118 e. The Morgan fingerprint density at radius 3 is 3.00 bits per heavy atom. The van der Waals surface area contributed by atoms with Crippen LogP contribution in [0.2, 0.25) is 0 Å². The number of benzene rings is 2. The van der Waals surface area contributed by atoms with Gasteiger partial charge in [0.25, 0.3) is 0 Å². The first kappa shape index (κ1) is 12.9. The van der Waals surface area contributed by atoms with Gasteiger partial charge in [-0.25, -0.2) is 0 Å². The van der Waals surface area contributed by atoms with Crippen LogP contribution in [0.3, 0.4) is 0 Å². The van der Waals surface area contributed by atoms with Gasteiger partial charge < -0.3 is 15.7 Å². The monoisotopic (exact) mass is 268 g/mol. The molecule has 0 saturated carbocycles. The highest BCUT2D eigenvalue weighted by atomic mass is 16.3. The van der Waals surface area contributed by atoms with E-state index >= 15 is 0 Å². The zero-order valence-electron chi connectivity index (χ0n) is 11.7. The number of aromatic hydroxyl groups is 1. The summed E-state index contributed by atoms with van der Waals surface area (Å²) in [6.45, 7) is 3.76. The average Bonchev–Trinajstić information content (AvgIpc) is 2.48. The van der Waals surface area contributed by atoms with Crippen molar-refractivity contribution in [2.45, 2.75) is 26.3 Å². The molecule has 0 radical (unpaired) electrons. The minimum Gasteiger partial charge on any atom is -0.508 e. The van der Waals surface area contributed by atoms with Crippen molar-refractivity contribution in [3.8, 4) is 5.75 Å². The van der Waals surface area contributed by atoms with Crippen molar-refractivity contribution in [3.05, 3.63) is 53.1 Å². The summed E-state index contributed by atoms with van der Waals surface area (Å²) in [5, 5.41) is 16.5. The molecule has 2 aromatic carbocycles. The zero-order chi connectivity index (χ0) is 13.9. The van der Waals surface area contributed by atoms with E-state index in [1.165, 1.54) is 23.2 Å². The number of phenolic OH excluding ortho intramolecular Hbond substituents is 1. The summed E-state index contributed by atoms with van der Waals surface area (Å²) in [7, 11) is 0. The molecule has 0 saturated heterocycles. The maximum absolute atomic E-state index is 9.55. The highest BCUT2D eigenvalue weighted by molar-refractivity contribution is 5.60.